The van der Waals surface area contributed by atoms with Crippen LogP contribution in [0.3, 0.4) is 0 Å². The van der Waals surface area contributed by atoms with Gasteiger partial charge in [-0.05, 0) is 30.3 Å². The van der Waals surface area contributed by atoms with Crippen molar-refractivity contribution in [2.45, 2.75) is 10.6 Å². The second kappa shape index (κ2) is 6.98. The monoisotopic (exact) mass is 398 g/mol. The second-order valence-corrected chi connectivity index (χ2v) is 8.81. The fourth-order valence-electron chi connectivity index (χ4n) is 2.64. The summed E-state index contributed by atoms with van der Waals surface area (Å²) < 4.78 is 31.3. The zero-order chi connectivity index (χ0) is 18.9. The number of carbonyl (C=O) groups is 1. The van der Waals surface area contributed by atoms with Gasteiger partial charge in [-0.2, -0.15) is 0 Å². The van der Waals surface area contributed by atoms with Gasteiger partial charge in [0.2, 0.25) is 0 Å². The predicted molar refractivity (Wildman–Crippen MR) is 104 cm³/mol. The van der Waals surface area contributed by atoms with Crippen molar-refractivity contribution in [2.24, 2.45) is 0 Å². The molecule has 0 spiro atoms. The van der Waals surface area contributed by atoms with Crippen molar-refractivity contribution in [3.05, 3.63) is 78.3 Å². The summed E-state index contributed by atoms with van der Waals surface area (Å²) in [4.78, 5) is 17.1. The van der Waals surface area contributed by atoms with Gasteiger partial charge in [0.15, 0.2) is 20.7 Å². The van der Waals surface area contributed by atoms with Crippen molar-refractivity contribution in [3.8, 4) is 0 Å². The average Bonchev–Trinajstić information content (AvgIpc) is 3.28. The smallest absolute Gasteiger partial charge is 0.293 e. The van der Waals surface area contributed by atoms with Crippen LogP contribution in [-0.4, -0.2) is 19.3 Å². The summed E-state index contributed by atoms with van der Waals surface area (Å²) >= 11 is 1.34. The molecule has 1 N–H and O–H groups in total. The summed E-state index contributed by atoms with van der Waals surface area (Å²) in [5.74, 6) is -0.887. The molecule has 0 unspecified atom stereocenters. The molecular formula is C19H14N2O4S2. The van der Waals surface area contributed by atoms with Crippen LogP contribution in [-0.2, 0) is 15.6 Å². The van der Waals surface area contributed by atoms with E-state index >= 15 is 0 Å². The van der Waals surface area contributed by atoms with E-state index < -0.39 is 15.7 Å². The first-order chi connectivity index (χ1) is 13.0. The Bertz CT molecular complexity index is 1180. The van der Waals surface area contributed by atoms with Gasteiger partial charge in [0.1, 0.15) is 0 Å². The highest BCUT2D eigenvalue weighted by Crippen LogP contribution is 2.26. The Balaban J connectivity index is 1.57. The summed E-state index contributed by atoms with van der Waals surface area (Å²) in [5.41, 5.74) is 1.08. The van der Waals surface area contributed by atoms with Crippen LogP contribution in [0.4, 0.5) is 5.13 Å². The van der Waals surface area contributed by atoms with Crippen LogP contribution in [0.1, 0.15) is 16.1 Å². The highest BCUT2D eigenvalue weighted by molar-refractivity contribution is 7.90. The number of benzene rings is 2. The normalized spacial score (nSPS) is 11.6. The van der Waals surface area contributed by atoms with Gasteiger partial charge in [-0.1, -0.05) is 41.7 Å². The lowest BCUT2D eigenvalue weighted by Crippen LogP contribution is -2.14. The SMILES string of the molecule is O=C(Nc1nc2ccccc2s1)c1occc1CS(=O)(=O)c1ccccc1. The van der Waals surface area contributed by atoms with Gasteiger partial charge in [0.25, 0.3) is 5.91 Å². The minimum Gasteiger partial charge on any atom is -0.459 e. The van der Waals surface area contributed by atoms with E-state index in [0.29, 0.717) is 10.7 Å². The van der Waals surface area contributed by atoms with Crippen LogP contribution in [0.5, 0.6) is 0 Å². The summed E-state index contributed by atoms with van der Waals surface area (Å²) in [6, 6.07) is 17.1. The third-order valence-electron chi connectivity index (χ3n) is 3.92. The maximum absolute atomic E-state index is 12.6. The van der Waals surface area contributed by atoms with E-state index in [4.69, 9.17) is 4.42 Å². The van der Waals surface area contributed by atoms with Gasteiger partial charge >= 0.3 is 0 Å². The van der Waals surface area contributed by atoms with E-state index in [-0.39, 0.29) is 16.4 Å². The Morgan fingerprint density at radius 3 is 2.56 bits per heavy atom. The number of furan rings is 1. The zero-order valence-electron chi connectivity index (χ0n) is 14.0. The maximum atomic E-state index is 12.6. The molecule has 0 radical (unpaired) electrons. The molecule has 2 aromatic heterocycles. The molecular weight excluding hydrogens is 384 g/mol. The molecule has 4 rings (SSSR count). The van der Waals surface area contributed by atoms with E-state index in [1.165, 1.54) is 35.8 Å². The molecule has 8 heteroatoms. The van der Waals surface area contributed by atoms with Gasteiger partial charge in [-0.3, -0.25) is 10.1 Å². The van der Waals surface area contributed by atoms with E-state index in [9.17, 15) is 13.2 Å². The van der Waals surface area contributed by atoms with E-state index in [0.717, 1.165) is 10.2 Å². The summed E-state index contributed by atoms with van der Waals surface area (Å²) in [7, 11) is -3.59. The number of amides is 1. The van der Waals surface area contributed by atoms with Crippen molar-refractivity contribution in [1.29, 1.82) is 0 Å². The molecule has 4 aromatic rings. The lowest BCUT2D eigenvalue weighted by molar-refractivity contribution is 0.0996. The minimum atomic E-state index is -3.59. The third kappa shape index (κ3) is 3.62. The fraction of sp³-hybridized carbons (Fsp3) is 0.0526. The molecule has 0 saturated heterocycles. The number of sulfone groups is 1. The molecule has 0 aliphatic rings. The predicted octanol–water partition coefficient (Wildman–Crippen LogP) is 4.12. The molecule has 0 bridgehead atoms. The van der Waals surface area contributed by atoms with Crippen LogP contribution in [0.25, 0.3) is 10.2 Å². The number of para-hydroxylation sites is 1. The Hall–Kier alpha value is -2.97. The van der Waals surface area contributed by atoms with Crippen molar-refractivity contribution in [1.82, 2.24) is 4.98 Å². The number of hydrogen-bond acceptors (Lipinski definition) is 6. The van der Waals surface area contributed by atoms with Gasteiger partial charge < -0.3 is 4.42 Å². The summed E-state index contributed by atoms with van der Waals surface area (Å²) in [6.07, 6.45) is 1.31. The first-order valence-electron chi connectivity index (χ1n) is 8.04. The Kier molecular flexibility index (Phi) is 4.51. The zero-order valence-corrected chi connectivity index (χ0v) is 15.6. The number of aromatic nitrogens is 1. The Morgan fingerprint density at radius 1 is 1.04 bits per heavy atom. The van der Waals surface area contributed by atoms with E-state index in [1.807, 2.05) is 24.3 Å². The van der Waals surface area contributed by atoms with Gasteiger partial charge in [0, 0.05) is 5.56 Å². The molecule has 1 amide bonds. The van der Waals surface area contributed by atoms with Crippen LogP contribution in [0.2, 0.25) is 0 Å². The number of fused-ring (bicyclic) bond motifs is 1. The van der Waals surface area contributed by atoms with Crippen molar-refractivity contribution < 1.29 is 17.6 Å². The van der Waals surface area contributed by atoms with Gasteiger partial charge in [0.05, 0.1) is 27.1 Å². The summed E-state index contributed by atoms with van der Waals surface area (Å²) in [5, 5.41) is 3.11. The second-order valence-electron chi connectivity index (χ2n) is 5.79. The molecule has 0 saturated carbocycles. The van der Waals surface area contributed by atoms with Crippen LogP contribution in [0, 0.1) is 0 Å². The minimum absolute atomic E-state index is 0.0336. The van der Waals surface area contributed by atoms with Crippen LogP contribution < -0.4 is 5.32 Å². The van der Waals surface area contributed by atoms with Crippen LogP contribution >= 0.6 is 11.3 Å². The molecule has 0 aliphatic heterocycles. The molecule has 2 aromatic carbocycles. The quantitative estimate of drug-likeness (QED) is 0.546. The molecule has 2 heterocycles. The lowest BCUT2D eigenvalue weighted by atomic mass is 10.3. The number of carbonyl (C=O) groups excluding carboxylic acids is 1. The third-order valence-corrected chi connectivity index (χ3v) is 6.55. The largest absolute Gasteiger partial charge is 0.459 e. The van der Waals surface area contributed by atoms with Crippen molar-refractivity contribution in [3.63, 3.8) is 0 Å². The number of anilines is 1. The highest BCUT2D eigenvalue weighted by Gasteiger charge is 2.23. The molecule has 27 heavy (non-hydrogen) atoms. The maximum Gasteiger partial charge on any atom is 0.293 e. The van der Waals surface area contributed by atoms with Crippen molar-refractivity contribution >= 4 is 42.4 Å². The number of rotatable bonds is 5. The molecule has 0 fully saturated rings. The van der Waals surface area contributed by atoms with E-state index in [1.54, 1.807) is 18.2 Å². The first kappa shape index (κ1) is 17.4. The fourth-order valence-corrected chi connectivity index (χ4v) is 4.88. The average molecular weight is 398 g/mol. The van der Waals surface area contributed by atoms with E-state index in [2.05, 4.69) is 10.3 Å². The molecule has 136 valence electrons. The number of hydrogen-bond donors (Lipinski definition) is 1. The molecule has 0 aliphatic carbocycles. The number of nitrogens with zero attached hydrogens (tertiary/aromatic N) is 1. The molecule has 6 nitrogen and oxygen atoms in total. The number of nitrogens with one attached hydrogen (secondary N) is 1. The molecule has 0 atom stereocenters. The van der Waals surface area contributed by atoms with Gasteiger partial charge in [-0.15, -0.1) is 0 Å². The summed E-state index contributed by atoms with van der Waals surface area (Å²) in [6.45, 7) is 0. The van der Waals surface area contributed by atoms with Crippen LogP contribution in [0.15, 0.2) is 76.2 Å². The number of thiazole rings is 1. The highest BCUT2D eigenvalue weighted by atomic mass is 32.2. The van der Waals surface area contributed by atoms with Crippen molar-refractivity contribution in [2.75, 3.05) is 5.32 Å². The Labute approximate surface area is 159 Å². The topological polar surface area (TPSA) is 89.3 Å². The Morgan fingerprint density at radius 2 is 1.78 bits per heavy atom. The van der Waals surface area contributed by atoms with Gasteiger partial charge in [-0.25, -0.2) is 13.4 Å². The lowest BCUT2D eigenvalue weighted by Gasteiger charge is -2.05. The first-order valence-corrected chi connectivity index (χ1v) is 10.5. The standard InChI is InChI=1S/C19H14N2O4S2/c22-18(21-19-20-15-8-4-5-9-16(15)26-19)17-13(10-11-25-17)12-27(23,24)14-6-2-1-3-7-14/h1-11H,12H2,(H,20,21,22).